The van der Waals surface area contributed by atoms with Gasteiger partial charge < -0.3 is 5.32 Å². The zero-order valence-electron chi connectivity index (χ0n) is 15.8. The molecule has 140 valence electrons. The van der Waals surface area contributed by atoms with Crippen LogP contribution in [0.2, 0.25) is 0 Å². The summed E-state index contributed by atoms with van der Waals surface area (Å²) in [7, 11) is 0. The van der Waals surface area contributed by atoms with Crippen LogP contribution in [0.25, 0.3) is 28.2 Å². The van der Waals surface area contributed by atoms with Gasteiger partial charge in [0.15, 0.2) is 5.65 Å². The molecule has 0 spiro atoms. The molecule has 1 aromatic carbocycles. The standard InChI is InChI=1S/C22H21N5O/c1-15(2)13-25-22(28)18-5-3-4-17(12-18)19-6-7-21-24-14-20(27(21)26-19)16-8-10-23-11-9-16/h3-12,14-15H,13H2,1-2H3,(H,25,28). The average molecular weight is 371 g/mol. The number of aromatic nitrogens is 4. The first kappa shape index (κ1) is 17.9. The van der Waals surface area contributed by atoms with Crippen LogP contribution in [0.5, 0.6) is 0 Å². The van der Waals surface area contributed by atoms with E-state index in [0.29, 0.717) is 18.0 Å². The van der Waals surface area contributed by atoms with Gasteiger partial charge in [-0.15, -0.1) is 0 Å². The summed E-state index contributed by atoms with van der Waals surface area (Å²) in [5.41, 5.74) is 4.94. The zero-order chi connectivity index (χ0) is 19.5. The molecular formula is C22H21N5O. The van der Waals surface area contributed by atoms with Crippen molar-refractivity contribution in [3.63, 3.8) is 0 Å². The van der Waals surface area contributed by atoms with Gasteiger partial charge in [-0.1, -0.05) is 26.0 Å². The van der Waals surface area contributed by atoms with E-state index in [1.165, 1.54) is 0 Å². The van der Waals surface area contributed by atoms with E-state index < -0.39 is 0 Å². The fourth-order valence-corrected chi connectivity index (χ4v) is 2.97. The maximum absolute atomic E-state index is 12.4. The molecule has 3 heterocycles. The first-order valence-electron chi connectivity index (χ1n) is 9.25. The third-order valence-electron chi connectivity index (χ3n) is 4.43. The van der Waals surface area contributed by atoms with Gasteiger partial charge in [-0.3, -0.25) is 9.78 Å². The highest BCUT2D eigenvalue weighted by Gasteiger charge is 2.11. The van der Waals surface area contributed by atoms with E-state index in [-0.39, 0.29) is 5.91 Å². The van der Waals surface area contributed by atoms with Gasteiger partial charge in [0.25, 0.3) is 5.91 Å². The Kier molecular flexibility index (Phi) is 4.85. The minimum atomic E-state index is -0.0725. The predicted octanol–water partition coefficient (Wildman–Crippen LogP) is 3.84. The monoisotopic (exact) mass is 371 g/mol. The number of fused-ring (bicyclic) bond motifs is 1. The van der Waals surface area contributed by atoms with Crippen LogP contribution in [0.3, 0.4) is 0 Å². The molecule has 0 aliphatic heterocycles. The van der Waals surface area contributed by atoms with Crippen molar-refractivity contribution in [1.82, 2.24) is 24.9 Å². The van der Waals surface area contributed by atoms with Gasteiger partial charge in [0, 0.05) is 35.6 Å². The fraction of sp³-hybridized carbons (Fsp3) is 0.182. The summed E-state index contributed by atoms with van der Waals surface area (Å²) in [6.45, 7) is 4.79. The fourth-order valence-electron chi connectivity index (χ4n) is 2.97. The van der Waals surface area contributed by atoms with Crippen LogP contribution in [0.15, 0.2) is 67.1 Å². The average Bonchev–Trinajstić information content (AvgIpc) is 3.16. The Hall–Kier alpha value is -3.54. The molecule has 3 aromatic heterocycles. The van der Waals surface area contributed by atoms with E-state index in [1.54, 1.807) is 18.6 Å². The summed E-state index contributed by atoms with van der Waals surface area (Å²) in [5.74, 6) is 0.334. The molecule has 6 nitrogen and oxygen atoms in total. The predicted molar refractivity (Wildman–Crippen MR) is 109 cm³/mol. The Balaban J connectivity index is 1.70. The highest BCUT2D eigenvalue weighted by Crippen LogP contribution is 2.23. The number of rotatable bonds is 5. The first-order chi connectivity index (χ1) is 13.6. The van der Waals surface area contributed by atoms with E-state index in [4.69, 9.17) is 5.10 Å². The smallest absolute Gasteiger partial charge is 0.251 e. The van der Waals surface area contributed by atoms with Gasteiger partial charge in [-0.25, -0.2) is 9.50 Å². The lowest BCUT2D eigenvalue weighted by Crippen LogP contribution is -2.27. The lowest BCUT2D eigenvalue weighted by Gasteiger charge is -2.09. The van der Waals surface area contributed by atoms with Crippen molar-refractivity contribution in [3.8, 4) is 22.5 Å². The van der Waals surface area contributed by atoms with Crippen LogP contribution in [-0.4, -0.2) is 32.0 Å². The van der Waals surface area contributed by atoms with Crippen LogP contribution in [0, 0.1) is 5.92 Å². The van der Waals surface area contributed by atoms with E-state index in [0.717, 1.165) is 28.2 Å². The lowest BCUT2D eigenvalue weighted by molar-refractivity contribution is 0.0949. The summed E-state index contributed by atoms with van der Waals surface area (Å²) in [5, 5.41) is 7.71. The molecule has 0 saturated carbocycles. The number of hydrogen-bond donors (Lipinski definition) is 1. The number of pyridine rings is 1. The number of amides is 1. The molecule has 6 heteroatoms. The molecule has 4 aromatic rings. The third-order valence-corrected chi connectivity index (χ3v) is 4.43. The first-order valence-corrected chi connectivity index (χ1v) is 9.25. The van der Waals surface area contributed by atoms with Crippen molar-refractivity contribution >= 4 is 11.6 Å². The largest absolute Gasteiger partial charge is 0.352 e. The number of benzene rings is 1. The van der Waals surface area contributed by atoms with Gasteiger partial charge in [0.05, 0.1) is 17.6 Å². The molecule has 0 fully saturated rings. The van der Waals surface area contributed by atoms with Crippen LogP contribution in [-0.2, 0) is 0 Å². The van der Waals surface area contributed by atoms with Crippen LogP contribution >= 0.6 is 0 Å². The maximum Gasteiger partial charge on any atom is 0.251 e. The molecule has 0 aliphatic carbocycles. The number of nitrogens with zero attached hydrogens (tertiary/aromatic N) is 4. The van der Waals surface area contributed by atoms with Gasteiger partial charge >= 0.3 is 0 Å². The van der Waals surface area contributed by atoms with Crippen LogP contribution < -0.4 is 5.32 Å². The van der Waals surface area contributed by atoms with Crippen molar-refractivity contribution in [3.05, 3.63) is 72.7 Å². The van der Waals surface area contributed by atoms with Crippen molar-refractivity contribution in [2.45, 2.75) is 13.8 Å². The van der Waals surface area contributed by atoms with E-state index in [1.807, 2.05) is 53.0 Å². The lowest BCUT2D eigenvalue weighted by atomic mass is 10.1. The Bertz CT molecular complexity index is 1120. The van der Waals surface area contributed by atoms with E-state index in [9.17, 15) is 4.79 Å². The molecule has 4 rings (SSSR count). The molecule has 1 N–H and O–H groups in total. The molecule has 0 bridgehead atoms. The molecular weight excluding hydrogens is 350 g/mol. The second kappa shape index (κ2) is 7.60. The molecule has 0 radical (unpaired) electrons. The zero-order valence-corrected chi connectivity index (χ0v) is 15.8. The van der Waals surface area contributed by atoms with Crippen molar-refractivity contribution in [1.29, 1.82) is 0 Å². The molecule has 0 atom stereocenters. The van der Waals surface area contributed by atoms with Crippen LogP contribution in [0.4, 0.5) is 0 Å². The number of carbonyl (C=O) groups is 1. The van der Waals surface area contributed by atoms with E-state index in [2.05, 4.69) is 29.1 Å². The van der Waals surface area contributed by atoms with Crippen molar-refractivity contribution in [2.75, 3.05) is 6.54 Å². The Morgan fingerprint density at radius 2 is 1.89 bits per heavy atom. The number of carbonyl (C=O) groups excluding carboxylic acids is 1. The normalized spacial score (nSPS) is 11.1. The van der Waals surface area contributed by atoms with Gasteiger partial charge in [-0.05, 0) is 42.3 Å². The second-order valence-electron chi connectivity index (χ2n) is 7.05. The minimum absolute atomic E-state index is 0.0725. The van der Waals surface area contributed by atoms with Gasteiger partial charge in [0.2, 0.25) is 0 Å². The summed E-state index contributed by atoms with van der Waals surface area (Å²) in [4.78, 5) is 20.9. The summed E-state index contributed by atoms with van der Waals surface area (Å²) in [6.07, 6.45) is 5.30. The molecule has 0 saturated heterocycles. The minimum Gasteiger partial charge on any atom is -0.352 e. The summed E-state index contributed by atoms with van der Waals surface area (Å²) >= 11 is 0. The maximum atomic E-state index is 12.4. The van der Waals surface area contributed by atoms with Gasteiger partial charge in [-0.2, -0.15) is 5.10 Å². The SMILES string of the molecule is CC(C)CNC(=O)c1cccc(-c2ccc3ncc(-c4ccncc4)n3n2)c1. The van der Waals surface area contributed by atoms with E-state index >= 15 is 0 Å². The summed E-state index contributed by atoms with van der Waals surface area (Å²) in [6, 6.07) is 15.2. The Morgan fingerprint density at radius 1 is 1.07 bits per heavy atom. The number of imidazole rings is 1. The number of nitrogens with one attached hydrogen (secondary N) is 1. The van der Waals surface area contributed by atoms with Crippen molar-refractivity contribution < 1.29 is 4.79 Å². The second-order valence-corrected chi connectivity index (χ2v) is 7.05. The quantitative estimate of drug-likeness (QED) is 0.578. The Labute approximate surface area is 163 Å². The Morgan fingerprint density at radius 3 is 2.68 bits per heavy atom. The highest BCUT2D eigenvalue weighted by atomic mass is 16.1. The van der Waals surface area contributed by atoms with Crippen molar-refractivity contribution in [2.24, 2.45) is 5.92 Å². The van der Waals surface area contributed by atoms with Crippen LogP contribution in [0.1, 0.15) is 24.2 Å². The highest BCUT2D eigenvalue weighted by molar-refractivity contribution is 5.95. The third kappa shape index (κ3) is 3.62. The molecule has 1 amide bonds. The summed E-state index contributed by atoms with van der Waals surface area (Å²) < 4.78 is 1.82. The molecule has 28 heavy (non-hydrogen) atoms. The molecule has 0 aliphatic rings. The van der Waals surface area contributed by atoms with Gasteiger partial charge in [0.1, 0.15) is 0 Å². The molecule has 0 unspecified atom stereocenters. The number of hydrogen-bond acceptors (Lipinski definition) is 4. The topological polar surface area (TPSA) is 72.2 Å².